The number of carbonyl (C=O) groups excluding carboxylic acids is 1. The third-order valence-electron chi connectivity index (χ3n) is 5.70. The summed E-state index contributed by atoms with van der Waals surface area (Å²) in [6, 6.07) is 14.8. The third kappa shape index (κ3) is 3.69. The molecule has 142 valence electrons. The zero-order valence-electron chi connectivity index (χ0n) is 15.8. The van der Waals surface area contributed by atoms with E-state index in [0.29, 0.717) is 6.54 Å². The second kappa shape index (κ2) is 7.69. The SMILES string of the molecule is CN1CCCN(C(=O)N2CCc3ccccc3[C@@H]2c2ccc(F)cc2)CC1. The van der Waals surface area contributed by atoms with Crippen LogP contribution in [0.1, 0.15) is 29.2 Å². The molecular formula is C22H26FN3O. The zero-order chi connectivity index (χ0) is 18.8. The summed E-state index contributed by atoms with van der Waals surface area (Å²) in [4.78, 5) is 19.7. The Balaban J connectivity index is 1.68. The molecule has 0 unspecified atom stereocenters. The van der Waals surface area contributed by atoms with Crippen LogP contribution in [-0.2, 0) is 6.42 Å². The zero-order valence-corrected chi connectivity index (χ0v) is 15.8. The minimum absolute atomic E-state index is 0.0918. The molecule has 0 aliphatic carbocycles. The lowest BCUT2D eigenvalue weighted by molar-refractivity contribution is 0.139. The van der Waals surface area contributed by atoms with E-state index in [1.54, 1.807) is 12.1 Å². The van der Waals surface area contributed by atoms with E-state index in [0.717, 1.165) is 50.1 Å². The highest BCUT2D eigenvalue weighted by atomic mass is 19.1. The first-order valence-corrected chi connectivity index (χ1v) is 9.71. The predicted molar refractivity (Wildman–Crippen MR) is 104 cm³/mol. The van der Waals surface area contributed by atoms with Gasteiger partial charge in [-0.2, -0.15) is 0 Å². The van der Waals surface area contributed by atoms with Crippen LogP contribution in [0.3, 0.4) is 0 Å². The van der Waals surface area contributed by atoms with Crippen molar-refractivity contribution in [1.82, 2.24) is 14.7 Å². The molecule has 4 nitrogen and oxygen atoms in total. The molecule has 2 aliphatic heterocycles. The van der Waals surface area contributed by atoms with Crippen LogP contribution >= 0.6 is 0 Å². The van der Waals surface area contributed by atoms with E-state index in [1.165, 1.54) is 17.7 Å². The lowest BCUT2D eigenvalue weighted by Gasteiger charge is -2.40. The smallest absolute Gasteiger partial charge is 0.320 e. The molecule has 1 fully saturated rings. The number of fused-ring (bicyclic) bond motifs is 1. The Morgan fingerprint density at radius 2 is 1.74 bits per heavy atom. The summed E-state index contributed by atoms with van der Waals surface area (Å²) in [6.45, 7) is 4.15. The Morgan fingerprint density at radius 1 is 0.963 bits per heavy atom. The van der Waals surface area contributed by atoms with Crippen molar-refractivity contribution < 1.29 is 9.18 Å². The number of halogens is 1. The second-order valence-electron chi connectivity index (χ2n) is 7.52. The molecule has 0 bridgehead atoms. The molecule has 4 rings (SSSR count). The van der Waals surface area contributed by atoms with E-state index in [-0.39, 0.29) is 17.9 Å². The van der Waals surface area contributed by atoms with Crippen LogP contribution in [0.5, 0.6) is 0 Å². The molecule has 0 radical (unpaired) electrons. The number of carbonyl (C=O) groups is 1. The Labute approximate surface area is 160 Å². The van der Waals surface area contributed by atoms with Crippen molar-refractivity contribution in [2.24, 2.45) is 0 Å². The lowest BCUT2D eigenvalue weighted by Crippen LogP contribution is -2.49. The van der Waals surface area contributed by atoms with E-state index in [4.69, 9.17) is 0 Å². The van der Waals surface area contributed by atoms with Gasteiger partial charge in [0, 0.05) is 26.2 Å². The summed E-state index contributed by atoms with van der Waals surface area (Å²) >= 11 is 0. The van der Waals surface area contributed by atoms with Gasteiger partial charge in [0.1, 0.15) is 5.82 Å². The molecule has 1 saturated heterocycles. The first-order valence-electron chi connectivity index (χ1n) is 9.71. The van der Waals surface area contributed by atoms with E-state index in [9.17, 15) is 9.18 Å². The molecule has 2 aliphatic rings. The maximum absolute atomic E-state index is 13.5. The summed E-state index contributed by atoms with van der Waals surface area (Å²) in [5.74, 6) is -0.253. The molecule has 0 spiro atoms. The monoisotopic (exact) mass is 367 g/mol. The van der Waals surface area contributed by atoms with Gasteiger partial charge in [-0.15, -0.1) is 0 Å². The number of rotatable bonds is 1. The molecule has 2 aromatic carbocycles. The molecule has 2 aromatic rings. The Kier molecular flexibility index (Phi) is 5.12. The van der Waals surface area contributed by atoms with Crippen molar-refractivity contribution in [2.45, 2.75) is 18.9 Å². The standard InChI is InChI=1S/C22H26FN3O/c1-24-12-4-13-25(16-15-24)22(27)26-14-11-17-5-2-3-6-20(17)21(26)18-7-9-19(23)10-8-18/h2-3,5-10,21H,4,11-16H2,1H3/t21-/m0/s1. The van der Waals surface area contributed by atoms with Gasteiger partial charge in [-0.3, -0.25) is 0 Å². The van der Waals surface area contributed by atoms with Gasteiger partial charge in [0.2, 0.25) is 0 Å². The van der Waals surface area contributed by atoms with E-state index in [2.05, 4.69) is 24.1 Å². The third-order valence-corrected chi connectivity index (χ3v) is 5.70. The minimum atomic E-state index is -0.253. The van der Waals surface area contributed by atoms with Crippen LogP contribution in [0.4, 0.5) is 9.18 Å². The average Bonchev–Trinajstić information content (AvgIpc) is 2.92. The lowest BCUT2D eigenvalue weighted by atomic mass is 9.88. The molecule has 1 atom stereocenters. The fraction of sp³-hybridized carbons (Fsp3) is 0.409. The van der Waals surface area contributed by atoms with Crippen molar-refractivity contribution in [3.63, 3.8) is 0 Å². The topological polar surface area (TPSA) is 26.8 Å². The van der Waals surface area contributed by atoms with Gasteiger partial charge in [-0.05, 0) is 55.3 Å². The van der Waals surface area contributed by atoms with E-state index >= 15 is 0 Å². The Hall–Kier alpha value is -2.40. The molecule has 5 heteroatoms. The Morgan fingerprint density at radius 3 is 2.56 bits per heavy atom. The number of amides is 2. The maximum atomic E-state index is 13.5. The van der Waals surface area contributed by atoms with Gasteiger partial charge in [-0.1, -0.05) is 36.4 Å². The molecule has 0 N–H and O–H groups in total. The summed E-state index contributed by atoms with van der Waals surface area (Å²) in [7, 11) is 2.10. The highest BCUT2D eigenvalue weighted by Crippen LogP contribution is 2.36. The fourth-order valence-corrected chi connectivity index (χ4v) is 4.20. The second-order valence-corrected chi connectivity index (χ2v) is 7.52. The summed E-state index contributed by atoms with van der Waals surface area (Å²) in [5, 5.41) is 0. The van der Waals surface area contributed by atoms with Crippen LogP contribution in [0, 0.1) is 5.82 Å². The fourth-order valence-electron chi connectivity index (χ4n) is 4.20. The summed E-state index contributed by atoms with van der Waals surface area (Å²) < 4.78 is 13.5. The van der Waals surface area contributed by atoms with Crippen molar-refractivity contribution in [3.8, 4) is 0 Å². The highest BCUT2D eigenvalue weighted by molar-refractivity contribution is 5.76. The molecule has 0 saturated carbocycles. The van der Waals surface area contributed by atoms with Gasteiger partial charge in [0.05, 0.1) is 6.04 Å². The van der Waals surface area contributed by atoms with Crippen LogP contribution in [0.25, 0.3) is 0 Å². The number of benzene rings is 2. The molecule has 27 heavy (non-hydrogen) atoms. The molecule has 2 heterocycles. The van der Waals surface area contributed by atoms with Gasteiger partial charge in [0.15, 0.2) is 0 Å². The van der Waals surface area contributed by atoms with Crippen molar-refractivity contribution in [2.75, 3.05) is 39.8 Å². The van der Waals surface area contributed by atoms with Crippen molar-refractivity contribution in [1.29, 1.82) is 0 Å². The number of nitrogens with zero attached hydrogens (tertiary/aromatic N) is 3. The Bertz CT molecular complexity index is 807. The molecule has 2 amide bonds. The van der Waals surface area contributed by atoms with Crippen LogP contribution in [-0.4, -0.2) is 60.5 Å². The van der Waals surface area contributed by atoms with Crippen molar-refractivity contribution >= 4 is 6.03 Å². The first-order chi connectivity index (χ1) is 13.1. The first kappa shape index (κ1) is 18.0. The predicted octanol–water partition coefficient (Wildman–Crippen LogP) is 3.53. The van der Waals surface area contributed by atoms with Gasteiger partial charge in [-0.25, -0.2) is 9.18 Å². The van der Waals surface area contributed by atoms with Gasteiger partial charge < -0.3 is 14.7 Å². The number of urea groups is 1. The largest absolute Gasteiger partial charge is 0.323 e. The summed E-state index contributed by atoms with van der Waals surface area (Å²) in [5.41, 5.74) is 3.38. The average molecular weight is 367 g/mol. The van der Waals surface area contributed by atoms with Crippen LogP contribution in [0.15, 0.2) is 48.5 Å². The van der Waals surface area contributed by atoms with Crippen LogP contribution < -0.4 is 0 Å². The minimum Gasteiger partial charge on any atom is -0.323 e. The quantitative estimate of drug-likeness (QED) is 0.771. The van der Waals surface area contributed by atoms with E-state index in [1.807, 2.05) is 21.9 Å². The number of hydrogen-bond acceptors (Lipinski definition) is 2. The normalized spacial score (nSPS) is 20.9. The number of likely N-dealkylation sites (N-methyl/N-ethyl adjacent to an activating group) is 1. The van der Waals surface area contributed by atoms with Crippen molar-refractivity contribution in [3.05, 3.63) is 71.0 Å². The van der Waals surface area contributed by atoms with Crippen LogP contribution in [0.2, 0.25) is 0 Å². The number of hydrogen-bond donors (Lipinski definition) is 0. The maximum Gasteiger partial charge on any atom is 0.320 e. The molecule has 0 aromatic heterocycles. The van der Waals surface area contributed by atoms with E-state index < -0.39 is 0 Å². The molecular weight excluding hydrogens is 341 g/mol. The summed E-state index contributed by atoms with van der Waals surface area (Å²) in [6.07, 6.45) is 1.85. The van der Waals surface area contributed by atoms with Gasteiger partial charge in [0.25, 0.3) is 0 Å². The highest BCUT2D eigenvalue weighted by Gasteiger charge is 2.34. The van der Waals surface area contributed by atoms with Gasteiger partial charge >= 0.3 is 6.03 Å².